The van der Waals surface area contributed by atoms with Crippen molar-refractivity contribution in [2.24, 2.45) is 5.92 Å². The molecule has 1 unspecified atom stereocenters. The molecule has 0 bridgehead atoms. The molecule has 25 heavy (non-hydrogen) atoms. The number of amides is 2. The first-order valence-electron chi connectivity index (χ1n) is 8.59. The zero-order valence-corrected chi connectivity index (χ0v) is 15.6. The summed E-state index contributed by atoms with van der Waals surface area (Å²) in [5.74, 6) is -0.199. The van der Waals surface area contributed by atoms with Crippen molar-refractivity contribution in [3.63, 3.8) is 0 Å². The van der Waals surface area contributed by atoms with Crippen molar-refractivity contribution >= 4 is 28.3 Å². The van der Waals surface area contributed by atoms with E-state index in [9.17, 15) is 9.59 Å². The van der Waals surface area contributed by atoms with Crippen LogP contribution in [0.5, 0.6) is 0 Å². The summed E-state index contributed by atoms with van der Waals surface area (Å²) in [5, 5.41) is 5.39. The molecule has 0 spiro atoms. The van der Waals surface area contributed by atoms with Gasteiger partial charge in [-0.25, -0.2) is 4.98 Å². The topological polar surface area (TPSA) is 62.3 Å². The van der Waals surface area contributed by atoms with Crippen molar-refractivity contribution in [3.8, 4) is 11.3 Å². The van der Waals surface area contributed by atoms with Crippen molar-refractivity contribution in [2.75, 3.05) is 11.9 Å². The van der Waals surface area contributed by atoms with E-state index in [1.54, 1.807) is 4.90 Å². The van der Waals surface area contributed by atoms with Gasteiger partial charge in [-0.3, -0.25) is 9.59 Å². The number of hydrogen-bond acceptors (Lipinski definition) is 4. The first kappa shape index (κ1) is 17.6. The normalized spacial score (nSPS) is 17.1. The van der Waals surface area contributed by atoms with Gasteiger partial charge in [0.1, 0.15) is 6.04 Å². The Morgan fingerprint density at radius 3 is 2.68 bits per heavy atom. The monoisotopic (exact) mass is 357 g/mol. The molecular formula is C19H23N3O2S. The Kier molecular flexibility index (Phi) is 5.18. The van der Waals surface area contributed by atoms with E-state index in [-0.39, 0.29) is 23.8 Å². The second kappa shape index (κ2) is 7.35. The lowest BCUT2D eigenvalue weighted by Gasteiger charge is -2.25. The average molecular weight is 357 g/mol. The molecule has 0 saturated carbocycles. The molecule has 6 heteroatoms. The van der Waals surface area contributed by atoms with Crippen LogP contribution >= 0.6 is 11.3 Å². The second-order valence-corrected chi connectivity index (χ2v) is 7.60. The maximum absolute atomic E-state index is 12.6. The zero-order valence-electron chi connectivity index (χ0n) is 14.8. The molecule has 1 N–H and O–H groups in total. The summed E-state index contributed by atoms with van der Waals surface area (Å²) in [4.78, 5) is 31.1. The van der Waals surface area contributed by atoms with Gasteiger partial charge in [-0.15, -0.1) is 11.3 Å². The van der Waals surface area contributed by atoms with Gasteiger partial charge in [-0.05, 0) is 19.8 Å². The molecule has 2 heterocycles. The molecular weight excluding hydrogens is 334 g/mol. The SMILES string of the molecule is Cc1ccc(-c2csc(NC(=O)C3CCCN3C(=O)C(C)C)n2)cc1. The summed E-state index contributed by atoms with van der Waals surface area (Å²) in [6, 6.07) is 7.75. The first-order chi connectivity index (χ1) is 12.0. The highest BCUT2D eigenvalue weighted by Crippen LogP contribution is 2.26. The number of thiazole rings is 1. The number of rotatable bonds is 4. The van der Waals surface area contributed by atoms with Crippen LogP contribution in [0.1, 0.15) is 32.3 Å². The van der Waals surface area contributed by atoms with Gasteiger partial charge < -0.3 is 10.2 Å². The Hall–Kier alpha value is -2.21. The van der Waals surface area contributed by atoms with Crippen LogP contribution < -0.4 is 5.32 Å². The van der Waals surface area contributed by atoms with Gasteiger partial charge in [0.15, 0.2) is 5.13 Å². The van der Waals surface area contributed by atoms with E-state index < -0.39 is 0 Å². The predicted molar refractivity (Wildman–Crippen MR) is 100 cm³/mol. The zero-order chi connectivity index (χ0) is 18.0. The Morgan fingerprint density at radius 1 is 1.28 bits per heavy atom. The number of nitrogens with one attached hydrogen (secondary N) is 1. The average Bonchev–Trinajstić information content (AvgIpc) is 3.24. The van der Waals surface area contributed by atoms with Gasteiger partial charge in [0.2, 0.25) is 11.8 Å². The molecule has 2 amide bonds. The largest absolute Gasteiger partial charge is 0.330 e. The van der Waals surface area contributed by atoms with E-state index in [2.05, 4.69) is 10.3 Å². The van der Waals surface area contributed by atoms with Crippen LogP contribution in [-0.2, 0) is 9.59 Å². The Labute approximate surface area is 152 Å². The molecule has 1 aromatic carbocycles. The van der Waals surface area contributed by atoms with Crippen LogP contribution in [0.3, 0.4) is 0 Å². The molecule has 0 radical (unpaired) electrons. The van der Waals surface area contributed by atoms with Gasteiger partial charge in [0, 0.05) is 23.4 Å². The minimum absolute atomic E-state index is 0.0390. The van der Waals surface area contributed by atoms with Crippen LogP contribution in [-0.4, -0.2) is 34.3 Å². The standard InChI is InChI=1S/C19H23N3O2S/c1-12(2)18(24)22-10-4-5-16(22)17(23)21-19-20-15(11-25-19)14-8-6-13(3)7-9-14/h6-9,11-12,16H,4-5,10H2,1-3H3,(H,20,21,23). The molecule has 1 aliphatic heterocycles. The summed E-state index contributed by atoms with van der Waals surface area (Å²) in [5.41, 5.74) is 3.07. The third kappa shape index (κ3) is 3.90. The number of benzene rings is 1. The van der Waals surface area contributed by atoms with Crippen LogP contribution in [0.15, 0.2) is 29.6 Å². The highest BCUT2D eigenvalue weighted by molar-refractivity contribution is 7.14. The summed E-state index contributed by atoms with van der Waals surface area (Å²) in [6.07, 6.45) is 1.57. The van der Waals surface area contributed by atoms with Crippen molar-refractivity contribution < 1.29 is 9.59 Å². The number of nitrogens with zero attached hydrogens (tertiary/aromatic N) is 2. The lowest BCUT2D eigenvalue weighted by molar-refractivity contribution is -0.139. The van der Waals surface area contributed by atoms with Crippen LogP contribution in [0.4, 0.5) is 5.13 Å². The number of aromatic nitrogens is 1. The Bertz CT molecular complexity index is 767. The van der Waals surface area contributed by atoms with Gasteiger partial charge in [0.25, 0.3) is 0 Å². The number of carbonyl (C=O) groups excluding carboxylic acids is 2. The van der Waals surface area contributed by atoms with E-state index in [1.807, 2.05) is 50.4 Å². The fourth-order valence-electron chi connectivity index (χ4n) is 3.01. The van der Waals surface area contributed by atoms with Crippen LogP contribution in [0.2, 0.25) is 0 Å². The van der Waals surface area contributed by atoms with E-state index in [0.29, 0.717) is 18.1 Å². The lowest BCUT2D eigenvalue weighted by Crippen LogP contribution is -2.44. The summed E-state index contributed by atoms with van der Waals surface area (Å²) < 4.78 is 0. The highest BCUT2D eigenvalue weighted by atomic mass is 32.1. The van der Waals surface area contributed by atoms with Crippen LogP contribution in [0.25, 0.3) is 11.3 Å². The van der Waals surface area contributed by atoms with Gasteiger partial charge in [-0.1, -0.05) is 43.7 Å². The van der Waals surface area contributed by atoms with E-state index in [0.717, 1.165) is 17.7 Å². The van der Waals surface area contributed by atoms with Crippen molar-refractivity contribution in [1.82, 2.24) is 9.88 Å². The third-order valence-electron chi connectivity index (χ3n) is 4.41. The van der Waals surface area contributed by atoms with Crippen molar-refractivity contribution in [1.29, 1.82) is 0 Å². The molecule has 132 valence electrons. The van der Waals surface area contributed by atoms with Gasteiger partial charge in [0.05, 0.1) is 5.69 Å². The fraction of sp³-hybridized carbons (Fsp3) is 0.421. The molecule has 5 nitrogen and oxygen atoms in total. The number of anilines is 1. The Balaban J connectivity index is 1.69. The van der Waals surface area contributed by atoms with Gasteiger partial charge in [-0.2, -0.15) is 0 Å². The third-order valence-corrected chi connectivity index (χ3v) is 5.17. The van der Waals surface area contributed by atoms with Crippen LogP contribution in [0, 0.1) is 12.8 Å². The predicted octanol–water partition coefficient (Wildman–Crippen LogP) is 3.70. The van der Waals surface area contributed by atoms with E-state index in [4.69, 9.17) is 0 Å². The summed E-state index contributed by atoms with van der Waals surface area (Å²) in [6.45, 7) is 6.43. The second-order valence-electron chi connectivity index (χ2n) is 6.74. The minimum Gasteiger partial charge on any atom is -0.330 e. The van der Waals surface area contributed by atoms with Crippen molar-refractivity contribution in [2.45, 2.75) is 39.7 Å². The molecule has 1 fully saturated rings. The number of carbonyl (C=O) groups is 2. The van der Waals surface area contributed by atoms with E-state index >= 15 is 0 Å². The molecule has 2 aromatic rings. The molecule has 3 rings (SSSR count). The van der Waals surface area contributed by atoms with Gasteiger partial charge >= 0.3 is 0 Å². The smallest absolute Gasteiger partial charge is 0.248 e. The lowest BCUT2D eigenvalue weighted by atomic mass is 10.1. The first-order valence-corrected chi connectivity index (χ1v) is 9.47. The number of likely N-dealkylation sites (tertiary alicyclic amines) is 1. The minimum atomic E-state index is -0.387. The Morgan fingerprint density at radius 2 is 2.00 bits per heavy atom. The number of aryl methyl sites for hydroxylation is 1. The maximum Gasteiger partial charge on any atom is 0.248 e. The summed E-state index contributed by atoms with van der Waals surface area (Å²) >= 11 is 1.41. The summed E-state index contributed by atoms with van der Waals surface area (Å²) in [7, 11) is 0. The maximum atomic E-state index is 12.6. The number of hydrogen-bond donors (Lipinski definition) is 1. The highest BCUT2D eigenvalue weighted by Gasteiger charge is 2.35. The van der Waals surface area contributed by atoms with E-state index in [1.165, 1.54) is 16.9 Å². The van der Waals surface area contributed by atoms with Crippen molar-refractivity contribution in [3.05, 3.63) is 35.2 Å². The molecule has 1 saturated heterocycles. The quantitative estimate of drug-likeness (QED) is 0.907. The molecule has 1 aliphatic rings. The molecule has 1 aromatic heterocycles. The molecule has 1 atom stereocenters. The molecule has 0 aliphatic carbocycles. The fourth-order valence-corrected chi connectivity index (χ4v) is 3.73.